The molecular formula is C15H19NO3. The summed E-state index contributed by atoms with van der Waals surface area (Å²) in [6.07, 6.45) is 0.371. The fourth-order valence-electron chi connectivity index (χ4n) is 2.36. The van der Waals surface area contributed by atoms with Crippen molar-refractivity contribution in [2.45, 2.75) is 20.1 Å². The summed E-state index contributed by atoms with van der Waals surface area (Å²) >= 11 is 0. The quantitative estimate of drug-likeness (QED) is 0.592. The van der Waals surface area contributed by atoms with Crippen molar-refractivity contribution in [3.63, 3.8) is 0 Å². The summed E-state index contributed by atoms with van der Waals surface area (Å²) in [5, 5.41) is 0.930. The summed E-state index contributed by atoms with van der Waals surface area (Å²) in [6.45, 7) is 4.89. The number of fused-ring (bicyclic) bond motifs is 1. The third-order valence-electron chi connectivity index (χ3n) is 3.17. The maximum atomic E-state index is 11.4. The molecule has 0 fully saturated rings. The van der Waals surface area contributed by atoms with E-state index in [1.54, 1.807) is 0 Å². The van der Waals surface area contributed by atoms with Gasteiger partial charge in [-0.1, -0.05) is 18.2 Å². The summed E-state index contributed by atoms with van der Waals surface area (Å²) in [4.78, 5) is 11.4. The smallest absolute Gasteiger partial charge is 0.199 e. The monoisotopic (exact) mass is 261 g/mol. The lowest BCUT2D eigenvalue weighted by Crippen LogP contribution is -2.14. The molecule has 0 bridgehead atoms. The van der Waals surface area contributed by atoms with Crippen LogP contribution in [-0.4, -0.2) is 24.1 Å². The van der Waals surface area contributed by atoms with Gasteiger partial charge in [-0.3, -0.25) is 4.79 Å². The second kappa shape index (κ2) is 5.99. The van der Waals surface area contributed by atoms with Crippen molar-refractivity contribution in [2.24, 2.45) is 7.05 Å². The van der Waals surface area contributed by atoms with E-state index >= 15 is 0 Å². The van der Waals surface area contributed by atoms with Gasteiger partial charge in [-0.05, 0) is 19.9 Å². The number of carbonyl (C=O) groups is 1. The predicted molar refractivity (Wildman–Crippen MR) is 74.3 cm³/mol. The first-order valence-corrected chi connectivity index (χ1v) is 6.50. The van der Waals surface area contributed by atoms with Crippen LogP contribution in [0.2, 0.25) is 0 Å². The number of carbonyl (C=O) groups excluding carboxylic acids is 1. The zero-order valence-electron chi connectivity index (χ0n) is 11.6. The van der Waals surface area contributed by atoms with E-state index in [0.29, 0.717) is 18.8 Å². The SMILES string of the molecule is CCOC(OCC)c1c(C=O)c2ccccc2n1C. The number of para-hydroxylation sites is 1. The van der Waals surface area contributed by atoms with Gasteiger partial charge in [0.25, 0.3) is 0 Å². The van der Waals surface area contributed by atoms with Crippen molar-refractivity contribution in [1.29, 1.82) is 0 Å². The Morgan fingerprint density at radius 1 is 1.21 bits per heavy atom. The lowest BCUT2D eigenvalue weighted by atomic mass is 10.1. The van der Waals surface area contributed by atoms with Crippen LogP contribution in [0.5, 0.6) is 0 Å². The number of aryl methyl sites for hydroxylation is 1. The fraction of sp³-hybridized carbons (Fsp3) is 0.400. The number of aldehydes is 1. The van der Waals surface area contributed by atoms with Crippen LogP contribution in [0.25, 0.3) is 10.9 Å². The molecule has 0 amide bonds. The molecule has 4 nitrogen and oxygen atoms in total. The van der Waals surface area contributed by atoms with Crippen molar-refractivity contribution in [2.75, 3.05) is 13.2 Å². The van der Waals surface area contributed by atoms with Crippen molar-refractivity contribution in [3.05, 3.63) is 35.5 Å². The largest absolute Gasteiger partial charge is 0.347 e. The number of aromatic nitrogens is 1. The topological polar surface area (TPSA) is 40.5 Å². The number of hydrogen-bond acceptors (Lipinski definition) is 3. The molecule has 0 aliphatic rings. The zero-order chi connectivity index (χ0) is 13.8. The highest BCUT2D eigenvalue weighted by Gasteiger charge is 2.23. The molecule has 2 aromatic rings. The molecule has 0 atom stereocenters. The van der Waals surface area contributed by atoms with E-state index < -0.39 is 6.29 Å². The van der Waals surface area contributed by atoms with Gasteiger partial charge in [-0.2, -0.15) is 0 Å². The molecule has 1 aromatic carbocycles. The van der Waals surface area contributed by atoms with E-state index in [0.717, 1.165) is 22.9 Å². The van der Waals surface area contributed by atoms with Crippen LogP contribution in [0.1, 0.15) is 36.2 Å². The predicted octanol–water partition coefficient (Wildman–Crippen LogP) is 3.06. The maximum absolute atomic E-state index is 11.4. The molecule has 0 saturated carbocycles. The van der Waals surface area contributed by atoms with Gasteiger partial charge in [0.05, 0.1) is 5.69 Å². The molecule has 2 rings (SSSR count). The van der Waals surface area contributed by atoms with E-state index in [4.69, 9.17) is 9.47 Å². The van der Waals surface area contributed by atoms with Crippen LogP contribution in [0.15, 0.2) is 24.3 Å². The highest BCUT2D eigenvalue weighted by atomic mass is 16.7. The average Bonchev–Trinajstić information content (AvgIpc) is 2.72. The van der Waals surface area contributed by atoms with Gasteiger partial charge in [-0.15, -0.1) is 0 Å². The molecular weight excluding hydrogens is 242 g/mol. The Kier molecular flexibility index (Phi) is 4.35. The first-order valence-electron chi connectivity index (χ1n) is 6.50. The molecule has 1 aromatic heterocycles. The van der Waals surface area contributed by atoms with E-state index in [1.165, 1.54) is 0 Å². The molecule has 0 aliphatic carbocycles. The molecule has 0 radical (unpaired) electrons. The standard InChI is InChI=1S/C15H19NO3/c1-4-18-15(19-5-2)14-12(10-17)11-8-6-7-9-13(11)16(14)3/h6-10,15H,4-5H2,1-3H3. The number of benzene rings is 1. The van der Waals surface area contributed by atoms with Crippen LogP contribution in [0.4, 0.5) is 0 Å². The Bertz CT molecular complexity index is 568. The summed E-state index contributed by atoms with van der Waals surface area (Å²) in [5.74, 6) is 0. The van der Waals surface area contributed by atoms with Crippen LogP contribution < -0.4 is 0 Å². The van der Waals surface area contributed by atoms with Crippen LogP contribution >= 0.6 is 0 Å². The normalized spacial score (nSPS) is 11.4. The zero-order valence-corrected chi connectivity index (χ0v) is 11.6. The minimum absolute atomic E-state index is 0.507. The second-order valence-electron chi connectivity index (χ2n) is 4.24. The summed E-state index contributed by atoms with van der Waals surface area (Å²) in [6, 6.07) is 7.81. The highest BCUT2D eigenvalue weighted by Crippen LogP contribution is 2.30. The van der Waals surface area contributed by atoms with Gasteiger partial charge in [0.1, 0.15) is 0 Å². The van der Waals surface area contributed by atoms with Crippen molar-refractivity contribution >= 4 is 17.2 Å². The number of ether oxygens (including phenoxy) is 2. The van der Waals surface area contributed by atoms with E-state index in [1.807, 2.05) is 49.7 Å². The van der Waals surface area contributed by atoms with E-state index in [9.17, 15) is 4.79 Å². The van der Waals surface area contributed by atoms with Gasteiger partial charge < -0.3 is 14.0 Å². The van der Waals surface area contributed by atoms with Crippen LogP contribution in [-0.2, 0) is 16.5 Å². The molecule has 0 N–H and O–H groups in total. The molecule has 4 heteroatoms. The summed E-state index contributed by atoms with van der Waals surface area (Å²) in [5.41, 5.74) is 2.42. The molecule has 19 heavy (non-hydrogen) atoms. The molecule has 0 spiro atoms. The lowest BCUT2D eigenvalue weighted by Gasteiger charge is -2.18. The Hall–Kier alpha value is -1.65. The Labute approximate surface area is 112 Å². The summed E-state index contributed by atoms with van der Waals surface area (Å²) < 4.78 is 13.2. The van der Waals surface area contributed by atoms with Gasteiger partial charge in [0.2, 0.25) is 0 Å². The van der Waals surface area contributed by atoms with E-state index in [2.05, 4.69) is 0 Å². The van der Waals surface area contributed by atoms with Crippen molar-refractivity contribution in [3.8, 4) is 0 Å². The van der Waals surface area contributed by atoms with Crippen LogP contribution in [0.3, 0.4) is 0 Å². The third-order valence-corrected chi connectivity index (χ3v) is 3.17. The minimum Gasteiger partial charge on any atom is -0.347 e. The fourth-order valence-corrected chi connectivity index (χ4v) is 2.36. The van der Waals surface area contributed by atoms with Gasteiger partial charge in [0.15, 0.2) is 12.6 Å². The molecule has 0 saturated heterocycles. The molecule has 1 heterocycles. The first kappa shape index (κ1) is 13.8. The van der Waals surface area contributed by atoms with E-state index in [-0.39, 0.29) is 0 Å². The second-order valence-corrected chi connectivity index (χ2v) is 4.24. The number of nitrogens with zero attached hydrogens (tertiary/aromatic N) is 1. The maximum Gasteiger partial charge on any atom is 0.199 e. The highest BCUT2D eigenvalue weighted by molar-refractivity contribution is 5.99. The Morgan fingerprint density at radius 2 is 1.84 bits per heavy atom. The van der Waals surface area contributed by atoms with Crippen molar-refractivity contribution < 1.29 is 14.3 Å². The molecule has 102 valence electrons. The third kappa shape index (κ3) is 2.41. The first-order chi connectivity index (χ1) is 9.24. The Balaban J connectivity index is 2.63. The number of rotatable bonds is 6. The average molecular weight is 261 g/mol. The Morgan fingerprint density at radius 3 is 2.42 bits per heavy atom. The lowest BCUT2D eigenvalue weighted by molar-refractivity contribution is -0.143. The van der Waals surface area contributed by atoms with Gasteiger partial charge in [0, 0.05) is 36.7 Å². The van der Waals surface area contributed by atoms with Gasteiger partial charge in [-0.25, -0.2) is 0 Å². The minimum atomic E-state index is -0.507. The van der Waals surface area contributed by atoms with Gasteiger partial charge >= 0.3 is 0 Å². The number of hydrogen-bond donors (Lipinski definition) is 0. The molecule has 0 unspecified atom stereocenters. The van der Waals surface area contributed by atoms with Crippen LogP contribution in [0, 0.1) is 0 Å². The molecule has 0 aliphatic heterocycles. The summed E-state index contributed by atoms with van der Waals surface area (Å²) in [7, 11) is 1.93. The van der Waals surface area contributed by atoms with Crippen molar-refractivity contribution in [1.82, 2.24) is 4.57 Å².